The van der Waals surface area contributed by atoms with Crippen molar-refractivity contribution in [2.75, 3.05) is 14.2 Å². The van der Waals surface area contributed by atoms with Gasteiger partial charge in [0.15, 0.2) is 11.5 Å². The Kier molecular flexibility index (Phi) is 5.08. The molecule has 2 N–H and O–H groups in total. The molecule has 0 fully saturated rings. The topological polar surface area (TPSA) is 68.2 Å². The van der Waals surface area contributed by atoms with Crippen molar-refractivity contribution < 1.29 is 24.3 Å². The average molecular weight is 288 g/mol. The Hall–Kier alpha value is -2.18. The first kappa shape index (κ1) is 15.2. The molecule has 0 saturated carbocycles. The van der Waals surface area contributed by atoms with E-state index in [0.29, 0.717) is 34.0 Å². The molecule has 0 radical (unpaired) electrons. The number of methoxy groups -OCH3 is 2. The van der Waals surface area contributed by atoms with Gasteiger partial charge in [-0.05, 0) is 35.3 Å². The van der Waals surface area contributed by atoms with Crippen molar-refractivity contribution in [2.45, 2.75) is 6.61 Å². The van der Waals surface area contributed by atoms with Crippen LogP contribution in [0.2, 0.25) is 0 Å². The number of aliphatic hydroxyl groups is 1. The number of benzene rings is 2. The van der Waals surface area contributed by atoms with Gasteiger partial charge in [-0.15, -0.1) is 0 Å². The Bertz CT molecular complexity index is 562. The van der Waals surface area contributed by atoms with E-state index in [1.165, 1.54) is 0 Å². The highest BCUT2D eigenvalue weighted by Gasteiger charge is 2.08. The molecule has 5 nitrogen and oxygen atoms in total. The number of aliphatic hydroxyl groups excluding tert-OH is 1. The number of hydrogen-bond donors (Lipinski definition) is 2. The van der Waals surface area contributed by atoms with Crippen molar-refractivity contribution >= 4 is 12.9 Å². The van der Waals surface area contributed by atoms with Crippen LogP contribution in [-0.4, -0.2) is 31.8 Å². The highest BCUT2D eigenvalue weighted by atomic mass is 16.5. The Morgan fingerprint density at radius 1 is 0.952 bits per heavy atom. The number of hydrogen-bond acceptors (Lipinski definition) is 5. The van der Waals surface area contributed by atoms with E-state index in [1.54, 1.807) is 50.6 Å². The summed E-state index contributed by atoms with van der Waals surface area (Å²) in [6.07, 6.45) is 0. The van der Waals surface area contributed by atoms with E-state index in [1.807, 2.05) is 0 Å². The molecule has 0 bridgehead atoms. The van der Waals surface area contributed by atoms with Gasteiger partial charge in [-0.2, -0.15) is 0 Å². The van der Waals surface area contributed by atoms with E-state index in [4.69, 9.17) is 14.2 Å². The quantitative estimate of drug-likeness (QED) is 0.775. The van der Waals surface area contributed by atoms with Gasteiger partial charge in [0, 0.05) is 6.07 Å². The van der Waals surface area contributed by atoms with Crippen molar-refractivity contribution in [1.29, 1.82) is 0 Å². The molecule has 2 rings (SSSR count). The van der Waals surface area contributed by atoms with Gasteiger partial charge < -0.3 is 24.3 Å². The molecule has 0 aliphatic rings. The summed E-state index contributed by atoms with van der Waals surface area (Å²) in [6.45, 7) is -0.154. The lowest BCUT2D eigenvalue weighted by molar-refractivity contribution is 0.282. The molecule has 0 amide bonds. The second-order valence-corrected chi connectivity index (χ2v) is 4.37. The fraction of sp³-hybridized carbons (Fsp3) is 0.200. The Morgan fingerprint density at radius 3 is 2.24 bits per heavy atom. The third kappa shape index (κ3) is 3.48. The normalized spacial score (nSPS) is 10.1. The lowest BCUT2D eigenvalue weighted by Crippen LogP contribution is -2.18. The van der Waals surface area contributed by atoms with Gasteiger partial charge in [-0.3, -0.25) is 0 Å². The van der Waals surface area contributed by atoms with Crippen molar-refractivity contribution in [3.05, 3.63) is 42.0 Å². The van der Waals surface area contributed by atoms with E-state index in [-0.39, 0.29) is 14.1 Å². The van der Waals surface area contributed by atoms with E-state index < -0.39 is 0 Å². The van der Waals surface area contributed by atoms with E-state index in [2.05, 4.69) is 0 Å². The molecule has 110 valence electrons. The molecule has 0 aromatic heterocycles. The smallest absolute Gasteiger partial charge is 0.305 e. The molecule has 2 aromatic rings. The lowest BCUT2D eigenvalue weighted by Gasteiger charge is -2.12. The van der Waals surface area contributed by atoms with Crippen LogP contribution in [0.1, 0.15) is 5.56 Å². The average Bonchev–Trinajstić information content (AvgIpc) is 2.54. The maximum absolute atomic E-state index is 9.29. The molecule has 0 atom stereocenters. The summed E-state index contributed by atoms with van der Waals surface area (Å²) in [5, 5.41) is 18.5. The summed E-state index contributed by atoms with van der Waals surface area (Å²) in [6, 6.07) is 10.4. The van der Waals surface area contributed by atoms with Crippen LogP contribution in [0.5, 0.6) is 23.0 Å². The van der Waals surface area contributed by atoms with Crippen molar-refractivity contribution in [2.24, 2.45) is 0 Å². The van der Waals surface area contributed by atoms with E-state index in [9.17, 15) is 10.1 Å². The molecule has 0 aliphatic carbocycles. The minimum Gasteiger partial charge on any atom is -0.493 e. The second-order valence-electron chi connectivity index (χ2n) is 4.37. The number of rotatable bonds is 6. The summed E-state index contributed by atoms with van der Waals surface area (Å²) < 4.78 is 16.1. The summed E-state index contributed by atoms with van der Waals surface area (Å²) in [4.78, 5) is 0. The van der Waals surface area contributed by atoms with E-state index in [0.717, 1.165) is 0 Å². The van der Waals surface area contributed by atoms with Gasteiger partial charge in [0.1, 0.15) is 11.5 Å². The molecule has 0 spiro atoms. The lowest BCUT2D eigenvalue weighted by atomic mass is 9.84. The standard InChI is InChI=1S/C15H17BO5/c1-19-14-6-4-12(8-15(14)20-2)21-11-3-5-13(16-18)10(7-11)9-17/h3-8,16-18H,9H2,1-2H3. The van der Waals surface area contributed by atoms with Crippen LogP contribution in [0, 0.1) is 0 Å². The molecule has 2 aromatic carbocycles. The molecule has 0 heterocycles. The predicted octanol–water partition coefficient (Wildman–Crippen LogP) is 0.957. The van der Waals surface area contributed by atoms with Crippen LogP contribution in [0.4, 0.5) is 0 Å². The van der Waals surface area contributed by atoms with Crippen molar-refractivity contribution in [3.8, 4) is 23.0 Å². The van der Waals surface area contributed by atoms with Crippen LogP contribution < -0.4 is 19.7 Å². The second kappa shape index (κ2) is 7.01. The van der Waals surface area contributed by atoms with Crippen LogP contribution in [0.25, 0.3) is 0 Å². The molecule has 0 saturated heterocycles. The van der Waals surface area contributed by atoms with E-state index >= 15 is 0 Å². The molecule has 6 heteroatoms. The SMILES string of the molecule is COc1ccc(Oc2ccc(BO)c(CO)c2)cc1OC. The third-order valence-electron chi connectivity index (χ3n) is 3.11. The summed E-state index contributed by atoms with van der Waals surface area (Å²) in [5.41, 5.74) is 1.31. The summed E-state index contributed by atoms with van der Waals surface area (Å²) >= 11 is 0. The highest BCUT2D eigenvalue weighted by molar-refractivity contribution is 6.46. The molecule has 0 aliphatic heterocycles. The summed E-state index contributed by atoms with van der Waals surface area (Å²) in [5.74, 6) is 2.36. The van der Waals surface area contributed by atoms with Gasteiger partial charge in [0.2, 0.25) is 0 Å². The van der Waals surface area contributed by atoms with Crippen LogP contribution in [-0.2, 0) is 6.61 Å². The predicted molar refractivity (Wildman–Crippen MR) is 81.0 cm³/mol. The molecule has 0 unspecified atom stereocenters. The fourth-order valence-electron chi connectivity index (χ4n) is 1.98. The summed E-state index contributed by atoms with van der Waals surface area (Å²) in [7, 11) is 3.01. The zero-order valence-electron chi connectivity index (χ0n) is 12.0. The monoisotopic (exact) mass is 288 g/mol. The van der Waals surface area contributed by atoms with Gasteiger partial charge in [0.25, 0.3) is 0 Å². The van der Waals surface area contributed by atoms with Gasteiger partial charge in [-0.1, -0.05) is 6.07 Å². The molecular weight excluding hydrogens is 271 g/mol. The van der Waals surface area contributed by atoms with Crippen molar-refractivity contribution in [3.63, 3.8) is 0 Å². The van der Waals surface area contributed by atoms with Gasteiger partial charge >= 0.3 is 7.48 Å². The minimum atomic E-state index is -0.154. The van der Waals surface area contributed by atoms with Crippen LogP contribution in [0.3, 0.4) is 0 Å². The van der Waals surface area contributed by atoms with Crippen molar-refractivity contribution in [1.82, 2.24) is 0 Å². The number of ether oxygens (including phenoxy) is 3. The largest absolute Gasteiger partial charge is 0.493 e. The Morgan fingerprint density at radius 2 is 1.62 bits per heavy atom. The Balaban J connectivity index is 2.25. The van der Waals surface area contributed by atoms with Gasteiger partial charge in [0.05, 0.1) is 20.8 Å². The van der Waals surface area contributed by atoms with Gasteiger partial charge in [-0.25, -0.2) is 0 Å². The third-order valence-corrected chi connectivity index (χ3v) is 3.11. The first-order chi connectivity index (χ1) is 10.2. The first-order valence-corrected chi connectivity index (χ1v) is 6.45. The fourth-order valence-corrected chi connectivity index (χ4v) is 1.98. The Labute approximate surface area is 124 Å². The van der Waals surface area contributed by atoms with Crippen LogP contribution >= 0.6 is 0 Å². The van der Waals surface area contributed by atoms with Crippen LogP contribution in [0.15, 0.2) is 36.4 Å². The maximum Gasteiger partial charge on any atom is 0.305 e. The molecular formula is C15H17BO5. The minimum absolute atomic E-state index is 0.119. The highest BCUT2D eigenvalue weighted by Crippen LogP contribution is 2.33. The zero-order chi connectivity index (χ0) is 15.2. The molecule has 21 heavy (non-hydrogen) atoms. The first-order valence-electron chi connectivity index (χ1n) is 6.45. The zero-order valence-corrected chi connectivity index (χ0v) is 12.0. The maximum atomic E-state index is 9.29.